The number of thiophene rings is 1. The number of methoxy groups -OCH3 is 1. The number of carbonyl (C=O) groups is 2. The Kier molecular flexibility index (Phi) is 5.86. The van der Waals surface area contributed by atoms with Gasteiger partial charge in [0.15, 0.2) is 0 Å². The van der Waals surface area contributed by atoms with Gasteiger partial charge in [0, 0.05) is 29.2 Å². The van der Waals surface area contributed by atoms with Crippen molar-refractivity contribution in [2.75, 3.05) is 19.0 Å². The average Bonchev–Trinajstić information content (AvgIpc) is 3.23. The topological polar surface area (TPSA) is 58.6 Å². The Morgan fingerprint density at radius 1 is 1.13 bits per heavy atom. The smallest absolute Gasteiger partial charge is 0.254 e. The zero-order chi connectivity index (χ0) is 21.1. The summed E-state index contributed by atoms with van der Waals surface area (Å²) in [6.07, 6.45) is 1.16. The summed E-state index contributed by atoms with van der Waals surface area (Å²) < 4.78 is 5.15. The number of hydrogen-bond acceptors (Lipinski definition) is 4. The van der Waals surface area contributed by atoms with Crippen LogP contribution in [0.5, 0.6) is 5.75 Å². The molecule has 0 atom stereocenters. The van der Waals surface area contributed by atoms with E-state index in [2.05, 4.69) is 16.8 Å². The predicted molar refractivity (Wildman–Crippen MR) is 119 cm³/mol. The van der Waals surface area contributed by atoms with E-state index in [1.165, 1.54) is 10.4 Å². The van der Waals surface area contributed by atoms with E-state index >= 15 is 0 Å². The minimum Gasteiger partial charge on any atom is -0.497 e. The summed E-state index contributed by atoms with van der Waals surface area (Å²) in [7, 11) is 1.61. The highest BCUT2D eigenvalue weighted by atomic mass is 32.1. The molecule has 1 aliphatic rings. The summed E-state index contributed by atoms with van der Waals surface area (Å²) in [5.41, 5.74) is 4.24. The van der Waals surface area contributed by atoms with Crippen LogP contribution in [0.3, 0.4) is 0 Å². The first-order valence-corrected chi connectivity index (χ1v) is 10.8. The van der Waals surface area contributed by atoms with Crippen LogP contribution in [0.2, 0.25) is 0 Å². The van der Waals surface area contributed by atoms with Gasteiger partial charge in [0.2, 0.25) is 5.91 Å². The Labute approximate surface area is 180 Å². The lowest BCUT2D eigenvalue weighted by Gasteiger charge is -2.28. The molecule has 0 spiro atoms. The zero-order valence-electron chi connectivity index (χ0n) is 17.1. The molecule has 0 bridgehead atoms. The number of nitrogens with one attached hydrogen (secondary N) is 1. The van der Waals surface area contributed by atoms with Crippen molar-refractivity contribution in [3.63, 3.8) is 0 Å². The van der Waals surface area contributed by atoms with Gasteiger partial charge in [-0.15, -0.1) is 11.3 Å². The summed E-state index contributed by atoms with van der Waals surface area (Å²) in [6, 6.07) is 15.0. The van der Waals surface area contributed by atoms with Crippen molar-refractivity contribution >= 4 is 28.8 Å². The molecule has 6 heteroatoms. The first-order valence-electron chi connectivity index (χ1n) is 9.92. The van der Waals surface area contributed by atoms with Crippen molar-refractivity contribution in [1.82, 2.24) is 4.90 Å². The monoisotopic (exact) mass is 420 g/mol. The number of hydrogen-bond donors (Lipinski definition) is 1. The Morgan fingerprint density at radius 3 is 2.70 bits per heavy atom. The lowest BCUT2D eigenvalue weighted by atomic mass is 10.0. The molecule has 154 valence electrons. The number of ether oxygens (including phenoxy) is 1. The molecule has 2 heterocycles. The van der Waals surface area contributed by atoms with Crippen LogP contribution in [0, 0.1) is 6.92 Å². The van der Waals surface area contributed by atoms with Crippen LogP contribution in [-0.4, -0.2) is 30.4 Å². The van der Waals surface area contributed by atoms with E-state index in [4.69, 9.17) is 4.74 Å². The fourth-order valence-corrected chi connectivity index (χ4v) is 4.61. The second kappa shape index (κ2) is 8.71. The van der Waals surface area contributed by atoms with E-state index in [1.807, 2.05) is 54.3 Å². The van der Waals surface area contributed by atoms with Crippen LogP contribution >= 0.6 is 11.3 Å². The molecule has 5 nitrogen and oxygen atoms in total. The van der Waals surface area contributed by atoms with Crippen molar-refractivity contribution in [2.24, 2.45) is 0 Å². The van der Waals surface area contributed by atoms with Crippen molar-refractivity contribution in [3.8, 4) is 5.75 Å². The molecule has 1 aliphatic heterocycles. The maximum Gasteiger partial charge on any atom is 0.254 e. The maximum atomic E-state index is 13.1. The first-order chi connectivity index (χ1) is 14.5. The van der Waals surface area contributed by atoms with E-state index in [0.717, 1.165) is 29.8 Å². The fraction of sp³-hybridized carbons (Fsp3) is 0.250. The highest BCUT2D eigenvalue weighted by molar-refractivity contribution is 7.10. The highest BCUT2D eigenvalue weighted by Crippen LogP contribution is 2.27. The lowest BCUT2D eigenvalue weighted by molar-refractivity contribution is -0.115. The molecular weight excluding hydrogens is 396 g/mol. The van der Waals surface area contributed by atoms with Crippen LogP contribution in [0.1, 0.15) is 31.9 Å². The molecule has 0 unspecified atom stereocenters. The molecule has 4 rings (SSSR count). The van der Waals surface area contributed by atoms with Crippen LogP contribution in [-0.2, 0) is 24.2 Å². The van der Waals surface area contributed by atoms with Gasteiger partial charge >= 0.3 is 0 Å². The number of benzene rings is 2. The molecule has 1 aromatic heterocycles. The van der Waals surface area contributed by atoms with E-state index in [0.29, 0.717) is 17.8 Å². The second-order valence-electron chi connectivity index (χ2n) is 7.40. The van der Waals surface area contributed by atoms with Gasteiger partial charge in [0.25, 0.3) is 5.91 Å². The number of fused-ring (bicyclic) bond motifs is 1. The second-order valence-corrected chi connectivity index (χ2v) is 8.40. The van der Waals surface area contributed by atoms with Gasteiger partial charge in [0.05, 0.1) is 13.5 Å². The third kappa shape index (κ3) is 4.24. The molecule has 0 saturated carbocycles. The molecular formula is C24H24N2O3S. The summed E-state index contributed by atoms with van der Waals surface area (Å²) in [6.45, 7) is 3.25. The third-order valence-corrected chi connectivity index (χ3v) is 6.48. The normalized spacial score (nSPS) is 12.9. The van der Waals surface area contributed by atoms with Crippen molar-refractivity contribution in [3.05, 3.63) is 81.0 Å². The summed E-state index contributed by atoms with van der Waals surface area (Å²) in [4.78, 5) is 28.9. The van der Waals surface area contributed by atoms with E-state index in [9.17, 15) is 9.59 Å². The molecule has 1 N–H and O–H groups in total. The van der Waals surface area contributed by atoms with Crippen molar-refractivity contribution in [1.29, 1.82) is 0 Å². The minimum absolute atomic E-state index is 0.00982. The van der Waals surface area contributed by atoms with E-state index in [1.54, 1.807) is 18.4 Å². The Morgan fingerprint density at radius 2 is 1.93 bits per heavy atom. The Bertz CT molecular complexity index is 1070. The fourth-order valence-electron chi connectivity index (χ4n) is 3.72. The Hall–Kier alpha value is -3.12. The molecule has 2 amide bonds. The molecule has 0 radical (unpaired) electrons. The zero-order valence-corrected chi connectivity index (χ0v) is 17.9. The first kappa shape index (κ1) is 20.2. The van der Waals surface area contributed by atoms with E-state index < -0.39 is 0 Å². The van der Waals surface area contributed by atoms with Gasteiger partial charge in [-0.3, -0.25) is 9.59 Å². The Balaban J connectivity index is 1.46. The molecule has 0 fully saturated rings. The van der Waals surface area contributed by atoms with Gasteiger partial charge in [-0.2, -0.15) is 0 Å². The number of nitrogens with zero attached hydrogens (tertiary/aromatic N) is 1. The quantitative estimate of drug-likeness (QED) is 0.664. The van der Waals surface area contributed by atoms with Gasteiger partial charge in [-0.1, -0.05) is 18.2 Å². The predicted octanol–water partition coefficient (Wildman–Crippen LogP) is 4.44. The van der Waals surface area contributed by atoms with Gasteiger partial charge in [-0.05, 0) is 65.7 Å². The van der Waals surface area contributed by atoms with Crippen LogP contribution in [0.15, 0.2) is 53.9 Å². The summed E-state index contributed by atoms with van der Waals surface area (Å²) in [5, 5.41) is 5.04. The largest absolute Gasteiger partial charge is 0.497 e. The van der Waals surface area contributed by atoms with Crippen LogP contribution < -0.4 is 10.1 Å². The van der Waals surface area contributed by atoms with Gasteiger partial charge < -0.3 is 15.0 Å². The standard InChI is InChI=1S/C24H24N2O3S/c1-16-20(24(28)26-12-10-22-18(15-26)11-13-30-22)4-3-5-21(16)25-23(27)14-17-6-8-19(29-2)9-7-17/h3-9,11,13H,10,12,14-15H2,1-2H3,(H,25,27). The molecule has 0 saturated heterocycles. The van der Waals surface area contributed by atoms with E-state index in [-0.39, 0.29) is 18.2 Å². The van der Waals surface area contributed by atoms with Gasteiger partial charge in [0.1, 0.15) is 5.75 Å². The SMILES string of the molecule is COc1ccc(CC(=O)Nc2cccc(C(=O)N3CCc4sccc4C3)c2C)cc1. The van der Waals surface area contributed by atoms with Gasteiger partial charge in [-0.25, -0.2) is 0 Å². The van der Waals surface area contributed by atoms with Crippen LogP contribution in [0.4, 0.5) is 5.69 Å². The molecule has 2 aromatic carbocycles. The number of rotatable bonds is 5. The number of carbonyl (C=O) groups excluding carboxylic acids is 2. The number of anilines is 1. The lowest BCUT2D eigenvalue weighted by Crippen LogP contribution is -2.35. The molecule has 30 heavy (non-hydrogen) atoms. The molecule has 3 aromatic rings. The number of amides is 2. The summed E-state index contributed by atoms with van der Waals surface area (Å²) in [5.74, 6) is 0.651. The van der Waals surface area contributed by atoms with Crippen molar-refractivity contribution in [2.45, 2.75) is 26.3 Å². The maximum absolute atomic E-state index is 13.1. The van der Waals surface area contributed by atoms with Crippen molar-refractivity contribution < 1.29 is 14.3 Å². The minimum atomic E-state index is -0.117. The molecule has 0 aliphatic carbocycles. The summed E-state index contributed by atoms with van der Waals surface area (Å²) >= 11 is 1.76. The third-order valence-electron chi connectivity index (χ3n) is 5.46. The van der Waals surface area contributed by atoms with Crippen LogP contribution in [0.25, 0.3) is 0 Å². The highest BCUT2D eigenvalue weighted by Gasteiger charge is 2.24. The average molecular weight is 421 g/mol.